The summed E-state index contributed by atoms with van der Waals surface area (Å²) in [5.41, 5.74) is 1.27. The van der Waals surface area contributed by atoms with E-state index in [1.807, 2.05) is 0 Å². The molecule has 174 valence electrons. The molecule has 0 bridgehead atoms. The Kier molecular flexibility index (Phi) is 12.1. The van der Waals surface area contributed by atoms with E-state index in [9.17, 15) is 0 Å². The molecule has 0 aliphatic carbocycles. The monoisotopic (exact) mass is 567 g/mol. The number of aryl methyl sites for hydroxylation is 1. The first kappa shape index (κ1) is 26.1. The van der Waals surface area contributed by atoms with E-state index in [1.54, 1.807) is 17.7 Å². The minimum atomic E-state index is 0. The fourth-order valence-electron chi connectivity index (χ4n) is 3.35. The van der Waals surface area contributed by atoms with Crippen LogP contribution < -0.4 is 15.5 Å². The molecule has 2 heterocycles. The van der Waals surface area contributed by atoms with E-state index in [4.69, 9.17) is 4.99 Å². The van der Waals surface area contributed by atoms with Gasteiger partial charge in [-0.1, -0.05) is 31.2 Å². The van der Waals surface area contributed by atoms with Crippen LogP contribution in [0.1, 0.15) is 31.0 Å². The summed E-state index contributed by atoms with van der Waals surface area (Å²) in [6.07, 6.45) is 3.71. The van der Waals surface area contributed by atoms with Gasteiger partial charge in [-0.05, 0) is 36.9 Å². The van der Waals surface area contributed by atoms with Crippen LogP contribution in [-0.2, 0) is 19.5 Å². The van der Waals surface area contributed by atoms with Crippen molar-refractivity contribution in [2.75, 3.05) is 31.1 Å². The van der Waals surface area contributed by atoms with Gasteiger partial charge in [0.25, 0.3) is 0 Å². The zero-order valence-electron chi connectivity index (χ0n) is 18.9. The number of hydrogen-bond acceptors (Lipinski definition) is 5. The molecule has 3 aromatic rings. The van der Waals surface area contributed by atoms with Crippen molar-refractivity contribution in [3.05, 3.63) is 64.9 Å². The first-order valence-corrected chi connectivity index (χ1v) is 11.9. The standard InChI is InChI=1S/C23H33N7S.HI/c1-3-22-28-27-19-30(22)16-14-25-23(26-18-21-12-8-17-31-21)24-13-9-15-29(4-2)20-10-6-5-7-11-20;/h5-8,10-12,17,19H,3-4,9,13-16,18H2,1-2H3,(H2,24,25,26);1H. The normalized spacial score (nSPS) is 11.1. The van der Waals surface area contributed by atoms with Crippen molar-refractivity contribution in [2.24, 2.45) is 4.99 Å². The van der Waals surface area contributed by atoms with Crippen molar-refractivity contribution in [3.8, 4) is 0 Å². The van der Waals surface area contributed by atoms with E-state index in [1.165, 1.54) is 10.6 Å². The zero-order chi connectivity index (χ0) is 21.7. The van der Waals surface area contributed by atoms with Gasteiger partial charge < -0.3 is 20.1 Å². The molecule has 0 saturated heterocycles. The summed E-state index contributed by atoms with van der Waals surface area (Å²) in [5.74, 6) is 1.86. The van der Waals surface area contributed by atoms with E-state index < -0.39 is 0 Å². The SMILES string of the molecule is CCc1nncn1CCNC(=NCc1cccs1)NCCCN(CC)c1ccccc1.I. The third-order valence-corrected chi connectivity index (χ3v) is 5.89. The maximum absolute atomic E-state index is 4.77. The summed E-state index contributed by atoms with van der Waals surface area (Å²) >= 11 is 1.73. The molecule has 9 heteroatoms. The van der Waals surface area contributed by atoms with Gasteiger partial charge in [0.2, 0.25) is 0 Å². The van der Waals surface area contributed by atoms with Gasteiger partial charge in [-0.3, -0.25) is 0 Å². The van der Waals surface area contributed by atoms with Crippen molar-refractivity contribution >= 4 is 47.0 Å². The molecule has 0 spiro atoms. The number of rotatable bonds is 12. The molecule has 0 atom stereocenters. The van der Waals surface area contributed by atoms with E-state index in [-0.39, 0.29) is 24.0 Å². The van der Waals surface area contributed by atoms with Crippen LogP contribution in [0.4, 0.5) is 5.69 Å². The molecular formula is C23H34IN7S. The van der Waals surface area contributed by atoms with Crippen LogP contribution >= 0.6 is 35.3 Å². The predicted octanol–water partition coefficient (Wildman–Crippen LogP) is 4.17. The van der Waals surface area contributed by atoms with Crippen LogP contribution in [0.25, 0.3) is 0 Å². The van der Waals surface area contributed by atoms with Crippen molar-refractivity contribution in [3.63, 3.8) is 0 Å². The summed E-state index contributed by atoms with van der Waals surface area (Å²) in [4.78, 5) is 8.43. The summed E-state index contributed by atoms with van der Waals surface area (Å²) in [6, 6.07) is 14.8. The molecule has 0 saturated carbocycles. The topological polar surface area (TPSA) is 70.4 Å². The molecule has 1 aromatic carbocycles. The third-order valence-electron chi connectivity index (χ3n) is 5.03. The Labute approximate surface area is 212 Å². The Morgan fingerprint density at radius 1 is 1.09 bits per heavy atom. The molecule has 0 fully saturated rings. The highest BCUT2D eigenvalue weighted by Gasteiger charge is 2.05. The quantitative estimate of drug-likeness (QED) is 0.149. The first-order chi connectivity index (χ1) is 15.3. The van der Waals surface area contributed by atoms with Crippen molar-refractivity contribution in [1.29, 1.82) is 0 Å². The number of nitrogens with zero attached hydrogens (tertiary/aromatic N) is 5. The zero-order valence-corrected chi connectivity index (χ0v) is 22.1. The molecule has 3 rings (SSSR count). The lowest BCUT2D eigenvalue weighted by molar-refractivity contribution is 0.628. The van der Waals surface area contributed by atoms with Gasteiger partial charge in [-0.15, -0.1) is 45.5 Å². The molecule has 32 heavy (non-hydrogen) atoms. The van der Waals surface area contributed by atoms with Crippen molar-refractivity contribution in [1.82, 2.24) is 25.4 Å². The highest BCUT2D eigenvalue weighted by atomic mass is 127. The van der Waals surface area contributed by atoms with Crippen LogP contribution in [-0.4, -0.2) is 46.9 Å². The van der Waals surface area contributed by atoms with Gasteiger partial charge in [0, 0.05) is 49.7 Å². The maximum atomic E-state index is 4.77. The lowest BCUT2D eigenvalue weighted by Crippen LogP contribution is -2.40. The molecule has 0 amide bonds. The Balaban J connectivity index is 0.00000363. The van der Waals surface area contributed by atoms with Crippen LogP contribution in [0.2, 0.25) is 0 Å². The van der Waals surface area contributed by atoms with Gasteiger partial charge in [0.1, 0.15) is 12.2 Å². The summed E-state index contributed by atoms with van der Waals surface area (Å²) in [7, 11) is 0. The third kappa shape index (κ3) is 8.42. The number of aliphatic imine (C=N–C) groups is 1. The molecule has 0 aliphatic rings. The fraction of sp³-hybridized carbons (Fsp3) is 0.435. The predicted molar refractivity (Wildman–Crippen MR) is 145 cm³/mol. The van der Waals surface area contributed by atoms with Gasteiger partial charge >= 0.3 is 0 Å². The smallest absolute Gasteiger partial charge is 0.191 e. The number of guanidine groups is 1. The summed E-state index contributed by atoms with van der Waals surface area (Å²) in [6.45, 7) is 9.44. The van der Waals surface area contributed by atoms with Crippen molar-refractivity contribution in [2.45, 2.75) is 39.8 Å². The Morgan fingerprint density at radius 2 is 1.91 bits per heavy atom. The summed E-state index contributed by atoms with van der Waals surface area (Å²) in [5, 5.41) is 17.2. The van der Waals surface area contributed by atoms with E-state index in [2.05, 4.69) is 92.0 Å². The molecular weight excluding hydrogens is 533 g/mol. The molecule has 7 nitrogen and oxygen atoms in total. The average molecular weight is 568 g/mol. The number of halogens is 1. The van der Waals surface area contributed by atoms with E-state index in [0.717, 1.165) is 57.3 Å². The van der Waals surface area contributed by atoms with Gasteiger partial charge in [0.05, 0.1) is 6.54 Å². The Hall–Kier alpha value is -2.14. The second kappa shape index (κ2) is 14.8. The second-order valence-electron chi connectivity index (χ2n) is 7.16. The lowest BCUT2D eigenvalue weighted by atomic mass is 10.2. The largest absolute Gasteiger partial charge is 0.372 e. The Bertz CT molecular complexity index is 896. The fourth-order valence-corrected chi connectivity index (χ4v) is 3.98. The molecule has 0 radical (unpaired) electrons. The van der Waals surface area contributed by atoms with Crippen LogP contribution in [0.15, 0.2) is 59.2 Å². The highest BCUT2D eigenvalue weighted by Crippen LogP contribution is 2.13. The molecule has 2 aromatic heterocycles. The minimum Gasteiger partial charge on any atom is -0.372 e. The first-order valence-electron chi connectivity index (χ1n) is 11.0. The van der Waals surface area contributed by atoms with Gasteiger partial charge in [-0.2, -0.15) is 0 Å². The number of thiophene rings is 1. The van der Waals surface area contributed by atoms with E-state index in [0.29, 0.717) is 6.54 Å². The molecule has 0 aliphatic heterocycles. The van der Waals surface area contributed by atoms with Crippen LogP contribution in [0.3, 0.4) is 0 Å². The van der Waals surface area contributed by atoms with Gasteiger partial charge in [0.15, 0.2) is 5.96 Å². The lowest BCUT2D eigenvalue weighted by Gasteiger charge is -2.23. The second-order valence-corrected chi connectivity index (χ2v) is 8.19. The number of hydrogen-bond donors (Lipinski definition) is 2. The molecule has 0 unspecified atom stereocenters. The number of benzene rings is 1. The minimum absolute atomic E-state index is 0. The number of anilines is 1. The Morgan fingerprint density at radius 3 is 2.62 bits per heavy atom. The van der Waals surface area contributed by atoms with Crippen molar-refractivity contribution < 1.29 is 0 Å². The van der Waals surface area contributed by atoms with Crippen LogP contribution in [0, 0.1) is 0 Å². The number of aromatic nitrogens is 3. The number of nitrogens with one attached hydrogen (secondary N) is 2. The maximum Gasteiger partial charge on any atom is 0.191 e. The summed E-state index contributed by atoms with van der Waals surface area (Å²) < 4.78 is 2.09. The average Bonchev–Trinajstić information content (AvgIpc) is 3.49. The highest BCUT2D eigenvalue weighted by molar-refractivity contribution is 14.0. The van der Waals surface area contributed by atoms with Gasteiger partial charge in [-0.25, -0.2) is 4.99 Å². The van der Waals surface area contributed by atoms with Crippen LogP contribution in [0.5, 0.6) is 0 Å². The molecule has 2 N–H and O–H groups in total. The van der Waals surface area contributed by atoms with E-state index >= 15 is 0 Å². The number of para-hydroxylation sites is 1.